The molecule has 0 bridgehead atoms. The van der Waals surface area contributed by atoms with Crippen LogP contribution in [0.5, 0.6) is 5.75 Å². The SMILES string of the molecule is COCCS(=O)(=O)NC(=O)c1ccc(-c2ccc(CCOC(=O)NC[C@H](O)c3cccnc3)cc2)cc1OC1CCCCC1. The molecule has 1 aliphatic carbocycles. The molecule has 2 amide bonds. The van der Waals surface area contributed by atoms with E-state index in [9.17, 15) is 23.1 Å². The predicted molar refractivity (Wildman–Crippen MR) is 165 cm³/mol. The van der Waals surface area contributed by atoms with E-state index in [1.807, 2.05) is 24.3 Å². The van der Waals surface area contributed by atoms with Gasteiger partial charge in [0.1, 0.15) is 5.75 Å². The van der Waals surface area contributed by atoms with Gasteiger partial charge in [-0.05, 0) is 60.6 Å². The molecular formula is C32H39N3O8S. The number of rotatable bonds is 14. The van der Waals surface area contributed by atoms with Gasteiger partial charge in [-0.2, -0.15) is 0 Å². The molecule has 3 aromatic rings. The lowest BCUT2D eigenvalue weighted by Crippen LogP contribution is -2.34. The topological polar surface area (TPSA) is 153 Å². The van der Waals surface area contributed by atoms with E-state index in [0.717, 1.165) is 48.8 Å². The highest BCUT2D eigenvalue weighted by atomic mass is 32.2. The number of sulfonamides is 1. The Morgan fingerprint density at radius 2 is 1.77 bits per heavy atom. The van der Waals surface area contributed by atoms with E-state index in [4.69, 9.17) is 14.2 Å². The molecule has 1 fully saturated rings. The number of amides is 2. The number of aromatic nitrogens is 1. The van der Waals surface area contributed by atoms with Crippen LogP contribution in [0.2, 0.25) is 0 Å². The van der Waals surface area contributed by atoms with Gasteiger partial charge >= 0.3 is 6.09 Å². The van der Waals surface area contributed by atoms with Gasteiger partial charge in [0.05, 0.1) is 43.3 Å². The quantitative estimate of drug-likeness (QED) is 0.240. The Hall–Kier alpha value is -4.00. The number of pyridine rings is 1. The highest BCUT2D eigenvalue weighted by Crippen LogP contribution is 2.31. The van der Waals surface area contributed by atoms with Gasteiger partial charge in [0, 0.05) is 31.5 Å². The minimum absolute atomic E-state index is 0.00967. The molecule has 0 spiro atoms. The minimum atomic E-state index is -3.87. The first kappa shape index (κ1) is 32.9. The van der Waals surface area contributed by atoms with Crippen molar-refractivity contribution in [3.8, 4) is 16.9 Å². The summed E-state index contributed by atoms with van der Waals surface area (Å²) in [5, 5.41) is 12.7. The second-order valence-corrected chi connectivity index (χ2v) is 12.4. The van der Waals surface area contributed by atoms with Crippen LogP contribution in [0.1, 0.15) is 59.7 Å². The zero-order chi connectivity index (χ0) is 31.4. The Morgan fingerprint density at radius 3 is 2.48 bits per heavy atom. The van der Waals surface area contributed by atoms with E-state index in [1.165, 1.54) is 13.3 Å². The smallest absolute Gasteiger partial charge is 0.407 e. The van der Waals surface area contributed by atoms with Crippen molar-refractivity contribution in [2.75, 3.05) is 32.6 Å². The average Bonchev–Trinajstić information content (AvgIpc) is 3.03. The van der Waals surface area contributed by atoms with Gasteiger partial charge in [-0.25, -0.2) is 17.9 Å². The molecule has 1 saturated carbocycles. The molecule has 11 nitrogen and oxygen atoms in total. The van der Waals surface area contributed by atoms with Gasteiger partial charge in [0.15, 0.2) is 0 Å². The number of benzene rings is 2. The summed E-state index contributed by atoms with van der Waals surface area (Å²) < 4.78 is 43.1. The van der Waals surface area contributed by atoms with Crippen LogP contribution in [0, 0.1) is 0 Å². The number of nitrogens with one attached hydrogen (secondary N) is 2. The average molecular weight is 626 g/mol. The predicted octanol–water partition coefficient (Wildman–Crippen LogP) is 4.17. The Bertz CT molecular complexity index is 1480. The Labute approximate surface area is 258 Å². The molecule has 1 atom stereocenters. The monoisotopic (exact) mass is 625 g/mol. The molecular weight excluding hydrogens is 586 g/mol. The van der Waals surface area contributed by atoms with Gasteiger partial charge in [-0.15, -0.1) is 0 Å². The Kier molecular flexibility index (Phi) is 12.1. The van der Waals surface area contributed by atoms with Crippen molar-refractivity contribution in [3.05, 3.63) is 83.7 Å². The third-order valence-electron chi connectivity index (χ3n) is 7.30. The van der Waals surface area contributed by atoms with Crippen LogP contribution in [0.4, 0.5) is 4.79 Å². The van der Waals surface area contributed by atoms with Crippen molar-refractivity contribution in [3.63, 3.8) is 0 Å². The molecule has 1 aliphatic rings. The molecule has 3 N–H and O–H groups in total. The lowest BCUT2D eigenvalue weighted by molar-refractivity contribution is 0.0969. The number of carbonyl (C=O) groups is 2. The van der Waals surface area contributed by atoms with E-state index < -0.39 is 28.1 Å². The maximum Gasteiger partial charge on any atom is 0.407 e. The van der Waals surface area contributed by atoms with Crippen molar-refractivity contribution in [1.82, 2.24) is 15.0 Å². The molecule has 0 unspecified atom stereocenters. The second kappa shape index (κ2) is 16.2. The summed E-state index contributed by atoms with van der Waals surface area (Å²) in [5.41, 5.74) is 3.39. The van der Waals surface area contributed by atoms with Crippen molar-refractivity contribution in [2.24, 2.45) is 0 Å². The molecule has 1 aromatic heterocycles. The third-order valence-corrected chi connectivity index (χ3v) is 8.50. The first-order chi connectivity index (χ1) is 21.2. The number of methoxy groups -OCH3 is 1. The number of aliphatic hydroxyl groups is 1. The summed E-state index contributed by atoms with van der Waals surface area (Å²) in [7, 11) is -2.47. The molecule has 0 saturated heterocycles. The van der Waals surface area contributed by atoms with Gasteiger partial charge in [-0.3, -0.25) is 9.78 Å². The first-order valence-corrected chi connectivity index (χ1v) is 16.3. The van der Waals surface area contributed by atoms with Crippen LogP contribution in [-0.2, 0) is 25.9 Å². The van der Waals surface area contributed by atoms with Gasteiger partial charge in [0.2, 0.25) is 10.0 Å². The van der Waals surface area contributed by atoms with Crippen LogP contribution < -0.4 is 14.8 Å². The summed E-state index contributed by atoms with van der Waals surface area (Å²) in [6.07, 6.45) is 7.05. The summed E-state index contributed by atoms with van der Waals surface area (Å²) >= 11 is 0. The highest BCUT2D eigenvalue weighted by molar-refractivity contribution is 7.90. The van der Waals surface area contributed by atoms with Crippen molar-refractivity contribution < 1.29 is 37.3 Å². The van der Waals surface area contributed by atoms with Crippen molar-refractivity contribution >= 4 is 22.0 Å². The lowest BCUT2D eigenvalue weighted by Gasteiger charge is -2.24. The number of alkyl carbamates (subject to hydrolysis) is 1. The molecule has 0 radical (unpaired) electrons. The Morgan fingerprint density at radius 1 is 1.02 bits per heavy atom. The highest BCUT2D eigenvalue weighted by Gasteiger charge is 2.23. The molecule has 236 valence electrons. The molecule has 1 heterocycles. The van der Waals surface area contributed by atoms with E-state index in [0.29, 0.717) is 17.7 Å². The zero-order valence-corrected chi connectivity index (χ0v) is 25.6. The summed E-state index contributed by atoms with van der Waals surface area (Å²) in [6.45, 7) is 0.139. The molecule has 4 rings (SSSR count). The van der Waals surface area contributed by atoms with E-state index in [2.05, 4.69) is 15.0 Å². The maximum atomic E-state index is 13.0. The maximum absolute atomic E-state index is 13.0. The van der Waals surface area contributed by atoms with Gasteiger partial charge < -0.3 is 24.6 Å². The van der Waals surface area contributed by atoms with E-state index in [1.54, 1.807) is 36.5 Å². The van der Waals surface area contributed by atoms with Gasteiger partial charge in [0.25, 0.3) is 5.91 Å². The number of nitrogens with zero attached hydrogens (tertiary/aromatic N) is 1. The summed E-state index contributed by atoms with van der Waals surface area (Å²) in [5.74, 6) is -0.737. The third kappa shape index (κ3) is 10.0. The fourth-order valence-electron chi connectivity index (χ4n) is 4.84. The van der Waals surface area contributed by atoms with E-state index >= 15 is 0 Å². The molecule has 2 aromatic carbocycles. The van der Waals surface area contributed by atoms with Crippen molar-refractivity contribution in [1.29, 1.82) is 0 Å². The lowest BCUT2D eigenvalue weighted by atomic mass is 9.97. The van der Waals surface area contributed by atoms with Crippen LogP contribution in [0.3, 0.4) is 0 Å². The van der Waals surface area contributed by atoms with Crippen LogP contribution >= 0.6 is 0 Å². The normalized spacial score (nSPS) is 14.4. The minimum Gasteiger partial charge on any atom is -0.490 e. The molecule has 12 heteroatoms. The number of carbonyl (C=O) groups excluding carboxylic acids is 2. The number of aliphatic hydroxyl groups excluding tert-OH is 1. The summed E-state index contributed by atoms with van der Waals surface area (Å²) in [6, 6.07) is 16.2. The second-order valence-electron chi connectivity index (χ2n) is 10.6. The Balaban J connectivity index is 1.37. The number of ether oxygens (including phenoxy) is 3. The zero-order valence-electron chi connectivity index (χ0n) is 24.7. The van der Waals surface area contributed by atoms with Crippen LogP contribution in [0.15, 0.2) is 67.0 Å². The molecule has 0 aliphatic heterocycles. The fraction of sp³-hybridized carbons (Fsp3) is 0.406. The van der Waals surface area contributed by atoms with Crippen molar-refractivity contribution in [2.45, 2.75) is 50.7 Å². The number of hydrogen-bond donors (Lipinski definition) is 3. The first-order valence-electron chi connectivity index (χ1n) is 14.7. The summed E-state index contributed by atoms with van der Waals surface area (Å²) in [4.78, 5) is 29.0. The van der Waals surface area contributed by atoms with Gasteiger partial charge in [-0.1, -0.05) is 42.8 Å². The van der Waals surface area contributed by atoms with Crippen LogP contribution in [0.25, 0.3) is 11.1 Å². The van der Waals surface area contributed by atoms with Crippen LogP contribution in [-0.4, -0.2) is 69.2 Å². The fourth-order valence-corrected chi connectivity index (χ4v) is 5.72. The standard InChI is InChI=1S/C32H39N3O8S/c1-41-18-19-44(39,40)35-31(37)28-14-13-25(20-30(28)43-27-7-3-2-4-8-27)24-11-9-23(10-12-24)15-17-42-32(38)34-22-29(36)26-6-5-16-33-21-26/h5-6,9-14,16,20-21,27,29,36H,2-4,7-8,15,17-19,22H2,1H3,(H,34,38)(H,35,37)/t29-/m0/s1. The number of hydrogen-bond acceptors (Lipinski definition) is 9. The largest absolute Gasteiger partial charge is 0.490 e. The van der Waals surface area contributed by atoms with E-state index in [-0.39, 0.29) is 37.2 Å². The molecule has 44 heavy (non-hydrogen) atoms.